The fourth-order valence-electron chi connectivity index (χ4n) is 1.73. The summed E-state index contributed by atoms with van der Waals surface area (Å²) >= 11 is 3.19. The van der Waals surface area contributed by atoms with Crippen LogP contribution in [0.2, 0.25) is 0 Å². The molecule has 1 nitrogen and oxygen atoms in total. The van der Waals surface area contributed by atoms with E-state index in [1.807, 2.05) is 12.1 Å². The lowest BCUT2D eigenvalue weighted by atomic mass is 10.1. The fraction of sp³-hybridized carbons (Fsp3) is 0.538. The number of hydrogen-bond donors (Lipinski definition) is 1. The number of nitrogens with one attached hydrogen (secondary N) is 1. The molecule has 0 aliphatic carbocycles. The zero-order chi connectivity index (χ0) is 12.1. The third-order valence-electron chi connectivity index (χ3n) is 2.46. The summed E-state index contributed by atoms with van der Waals surface area (Å²) in [7, 11) is 0. The van der Waals surface area contributed by atoms with Crippen LogP contribution in [0.25, 0.3) is 0 Å². The van der Waals surface area contributed by atoms with Gasteiger partial charge in [-0.15, -0.1) is 0 Å². The van der Waals surface area contributed by atoms with Crippen molar-refractivity contribution >= 4 is 15.9 Å². The Balaban J connectivity index is 2.45. The summed E-state index contributed by atoms with van der Waals surface area (Å²) in [4.78, 5) is 0. The van der Waals surface area contributed by atoms with Crippen molar-refractivity contribution in [2.24, 2.45) is 5.92 Å². The molecule has 0 aliphatic heterocycles. The van der Waals surface area contributed by atoms with Crippen molar-refractivity contribution in [3.05, 3.63) is 34.1 Å². The predicted molar refractivity (Wildman–Crippen MR) is 69.9 cm³/mol. The van der Waals surface area contributed by atoms with Crippen LogP contribution in [0.3, 0.4) is 0 Å². The van der Waals surface area contributed by atoms with E-state index in [2.05, 4.69) is 42.0 Å². The minimum Gasteiger partial charge on any atom is -0.310 e. The van der Waals surface area contributed by atoms with E-state index in [1.54, 1.807) is 0 Å². The Kier molecular flexibility index (Phi) is 5.42. The highest BCUT2D eigenvalue weighted by molar-refractivity contribution is 9.10. The molecule has 3 heteroatoms. The SMILES string of the molecule is CC(C)CC(C)NCc1ccc(F)c(Br)c1. The Hall–Kier alpha value is -0.410. The molecule has 0 saturated heterocycles. The first-order valence-corrected chi connectivity index (χ1v) is 6.45. The standard InChI is InChI=1S/C13H19BrFN/c1-9(2)6-10(3)16-8-11-4-5-13(15)12(14)7-11/h4-5,7,9-10,16H,6,8H2,1-3H3. The Morgan fingerprint density at radius 2 is 2.00 bits per heavy atom. The zero-order valence-electron chi connectivity index (χ0n) is 10.1. The van der Waals surface area contributed by atoms with Crippen LogP contribution >= 0.6 is 15.9 Å². The van der Waals surface area contributed by atoms with Crippen molar-refractivity contribution in [3.8, 4) is 0 Å². The molecule has 1 aromatic carbocycles. The van der Waals surface area contributed by atoms with Gasteiger partial charge in [0.05, 0.1) is 4.47 Å². The van der Waals surface area contributed by atoms with Crippen molar-refractivity contribution in [3.63, 3.8) is 0 Å². The van der Waals surface area contributed by atoms with E-state index in [0.717, 1.165) is 18.5 Å². The van der Waals surface area contributed by atoms with Gasteiger partial charge in [0.15, 0.2) is 0 Å². The van der Waals surface area contributed by atoms with Gasteiger partial charge in [-0.05, 0) is 52.9 Å². The van der Waals surface area contributed by atoms with E-state index in [0.29, 0.717) is 16.4 Å². The molecule has 0 spiro atoms. The summed E-state index contributed by atoms with van der Waals surface area (Å²) in [5.74, 6) is 0.487. The maximum absolute atomic E-state index is 13.0. The minimum atomic E-state index is -0.209. The maximum Gasteiger partial charge on any atom is 0.137 e. The van der Waals surface area contributed by atoms with Crippen molar-refractivity contribution in [1.82, 2.24) is 5.32 Å². The van der Waals surface area contributed by atoms with Gasteiger partial charge in [0.2, 0.25) is 0 Å². The lowest BCUT2D eigenvalue weighted by Gasteiger charge is -2.16. The molecule has 16 heavy (non-hydrogen) atoms. The van der Waals surface area contributed by atoms with Crippen molar-refractivity contribution in [2.75, 3.05) is 0 Å². The molecule has 0 bridgehead atoms. The van der Waals surface area contributed by atoms with Gasteiger partial charge in [-0.2, -0.15) is 0 Å². The van der Waals surface area contributed by atoms with E-state index in [4.69, 9.17) is 0 Å². The monoisotopic (exact) mass is 287 g/mol. The summed E-state index contributed by atoms with van der Waals surface area (Å²) < 4.78 is 13.5. The van der Waals surface area contributed by atoms with Crippen LogP contribution in [0.4, 0.5) is 4.39 Å². The summed E-state index contributed by atoms with van der Waals surface area (Å²) in [6.07, 6.45) is 1.16. The van der Waals surface area contributed by atoms with Crippen LogP contribution < -0.4 is 5.32 Å². The van der Waals surface area contributed by atoms with E-state index in [1.165, 1.54) is 6.07 Å². The average Bonchev–Trinajstić information content (AvgIpc) is 2.19. The van der Waals surface area contributed by atoms with E-state index >= 15 is 0 Å². The first kappa shape index (κ1) is 13.7. The van der Waals surface area contributed by atoms with Gasteiger partial charge in [-0.25, -0.2) is 4.39 Å². The van der Waals surface area contributed by atoms with Gasteiger partial charge in [0, 0.05) is 12.6 Å². The Morgan fingerprint density at radius 3 is 2.56 bits per heavy atom. The van der Waals surface area contributed by atoms with Gasteiger partial charge < -0.3 is 5.32 Å². The normalized spacial score (nSPS) is 13.1. The molecule has 0 radical (unpaired) electrons. The molecule has 1 aromatic rings. The van der Waals surface area contributed by atoms with Gasteiger partial charge in [-0.1, -0.05) is 19.9 Å². The second-order valence-electron chi connectivity index (χ2n) is 4.66. The average molecular weight is 288 g/mol. The molecule has 1 rings (SSSR count). The van der Waals surface area contributed by atoms with Crippen molar-refractivity contribution in [1.29, 1.82) is 0 Å². The van der Waals surface area contributed by atoms with Crippen LogP contribution in [-0.2, 0) is 6.54 Å². The van der Waals surface area contributed by atoms with Crippen LogP contribution in [-0.4, -0.2) is 6.04 Å². The number of rotatable bonds is 5. The van der Waals surface area contributed by atoms with Crippen molar-refractivity contribution in [2.45, 2.75) is 39.8 Å². The molecular formula is C13H19BrFN. The molecular weight excluding hydrogens is 269 g/mol. The molecule has 0 aliphatic rings. The van der Waals surface area contributed by atoms with Crippen molar-refractivity contribution < 1.29 is 4.39 Å². The molecule has 0 fully saturated rings. The van der Waals surface area contributed by atoms with Gasteiger partial charge in [-0.3, -0.25) is 0 Å². The maximum atomic E-state index is 13.0. The van der Waals surface area contributed by atoms with Crippen LogP contribution in [0.1, 0.15) is 32.8 Å². The van der Waals surface area contributed by atoms with Crippen LogP contribution in [0.15, 0.2) is 22.7 Å². The number of benzene rings is 1. The highest BCUT2D eigenvalue weighted by Gasteiger charge is 2.05. The fourth-order valence-corrected chi connectivity index (χ4v) is 2.16. The van der Waals surface area contributed by atoms with E-state index in [9.17, 15) is 4.39 Å². The van der Waals surface area contributed by atoms with E-state index < -0.39 is 0 Å². The summed E-state index contributed by atoms with van der Waals surface area (Å²) in [5.41, 5.74) is 1.10. The largest absolute Gasteiger partial charge is 0.310 e. The molecule has 1 atom stereocenters. The minimum absolute atomic E-state index is 0.209. The quantitative estimate of drug-likeness (QED) is 0.859. The van der Waals surface area contributed by atoms with Gasteiger partial charge in [0.25, 0.3) is 0 Å². The highest BCUT2D eigenvalue weighted by Crippen LogP contribution is 2.17. The lowest BCUT2D eigenvalue weighted by molar-refractivity contribution is 0.441. The molecule has 1 unspecified atom stereocenters. The molecule has 0 saturated carbocycles. The molecule has 1 N–H and O–H groups in total. The van der Waals surface area contributed by atoms with Gasteiger partial charge in [0.1, 0.15) is 5.82 Å². The topological polar surface area (TPSA) is 12.0 Å². The third-order valence-corrected chi connectivity index (χ3v) is 3.07. The number of hydrogen-bond acceptors (Lipinski definition) is 1. The first-order chi connectivity index (χ1) is 7.49. The lowest BCUT2D eigenvalue weighted by Crippen LogP contribution is -2.26. The second kappa shape index (κ2) is 6.36. The van der Waals surface area contributed by atoms with Gasteiger partial charge >= 0.3 is 0 Å². The summed E-state index contributed by atoms with van der Waals surface area (Å²) in [5, 5.41) is 3.43. The Labute approximate surface area is 106 Å². The first-order valence-electron chi connectivity index (χ1n) is 5.66. The van der Waals surface area contributed by atoms with Crippen LogP contribution in [0, 0.1) is 11.7 Å². The highest BCUT2D eigenvalue weighted by atomic mass is 79.9. The molecule has 90 valence electrons. The third kappa shape index (κ3) is 4.62. The smallest absolute Gasteiger partial charge is 0.137 e. The molecule has 0 aromatic heterocycles. The van der Waals surface area contributed by atoms with E-state index in [-0.39, 0.29) is 5.82 Å². The molecule has 0 heterocycles. The summed E-state index contributed by atoms with van der Waals surface area (Å²) in [6, 6.07) is 5.62. The molecule has 0 amide bonds. The predicted octanol–water partition coefficient (Wildman–Crippen LogP) is 4.11. The number of halogens is 2. The van der Waals surface area contributed by atoms with Crippen LogP contribution in [0.5, 0.6) is 0 Å². The summed E-state index contributed by atoms with van der Waals surface area (Å²) in [6.45, 7) is 7.39. The zero-order valence-corrected chi connectivity index (χ0v) is 11.6. The second-order valence-corrected chi connectivity index (χ2v) is 5.51. The Morgan fingerprint density at radius 1 is 1.31 bits per heavy atom. The Bertz CT molecular complexity index is 339.